The molecule has 0 saturated heterocycles. The fourth-order valence-corrected chi connectivity index (χ4v) is 6.13. The molecule has 0 aliphatic heterocycles. The van der Waals surface area contributed by atoms with Crippen molar-refractivity contribution in [3.05, 3.63) is 95.5 Å². The van der Waals surface area contributed by atoms with Gasteiger partial charge in [0.25, 0.3) is 0 Å². The van der Waals surface area contributed by atoms with Gasteiger partial charge in [0.15, 0.2) is 0 Å². The Kier molecular flexibility index (Phi) is 3.64. The van der Waals surface area contributed by atoms with E-state index in [1.54, 1.807) is 0 Å². The molecule has 0 amide bonds. The highest BCUT2D eigenvalue weighted by atomic mass is 79.9. The van der Waals surface area contributed by atoms with Gasteiger partial charge in [0.2, 0.25) is 0 Å². The standard InChI is InChI=1S/C28H15BrOS/c29-17-10-12-27-23(14-17)22-13-16(9-11-26(22)31-27)21-15-24-19-6-3-4-8-25(19)30-28(24)20-7-2-1-5-18(20)21/h1-15H. The van der Waals surface area contributed by atoms with E-state index in [1.807, 2.05) is 23.5 Å². The van der Waals surface area contributed by atoms with E-state index in [2.05, 4.69) is 94.8 Å². The van der Waals surface area contributed by atoms with E-state index >= 15 is 0 Å². The van der Waals surface area contributed by atoms with Crippen LogP contribution < -0.4 is 0 Å². The summed E-state index contributed by atoms with van der Waals surface area (Å²) in [7, 11) is 0. The number of para-hydroxylation sites is 1. The van der Waals surface area contributed by atoms with Crippen molar-refractivity contribution in [2.24, 2.45) is 0 Å². The fraction of sp³-hybridized carbons (Fsp3) is 0. The lowest BCUT2D eigenvalue weighted by Crippen LogP contribution is -1.83. The van der Waals surface area contributed by atoms with Gasteiger partial charge in [-0.25, -0.2) is 0 Å². The highest BCUT2D eigenvalue weighted by molar-refractivity contribution is 9.10. The molecule has 0 unspecified atom stereocenters. The molecular formula is C28H15BrOS. The minimum atomic E-state index is 0.934. The van der Waals surface area contributed by atoms with Crippen LogP contribution >= 0.6 is 27.3 Å². The molecule has 0 atom stereocenters. The van der Waals surface area contributed by atoms with Gasteiger partial charge in [-0.2, -0.15) is 0 Å². The average Bonchev–Trinajstić information content (AvgIpc) is 3.36. The predicted molar refractivity (Wildman–Crippen MR) is 137 cm³/mol. The van der Waals surface area contributed by atoms with Crippen molar-refractivity contribution < 1.29 is 4.42 Å². The Morgan fingerprint density at radius 1 is 0.581 bits per heavy atom. The summed E-state index contributed by atoms with van der Waals surface area (Å²) in [5.41, 5.74) is 4.37. The van der Waals surface area contributed by atoms with Gasteiger partial charge in [-0.05, 0) is 59.0 Å². The first-order chi connectivity index (χ1) is 15.3. The lowest BCUT2D eigenvalue weighted by atomic mass is 9.94. The smallest absolute Gasteiger partial charge is 0.143 e. The van der Waals surface area contributed by atoms with Crippen LogP contribution in [0.3, 0.4) is 0 Å². The van der Waals surface area contributed by atoms with Crippen molar-refractivity contribution >= 4 is 80.1 Å². The summed E-state index contributed by atoms with van der Waals surface area (Å²) in [6.45, 7) is 0. The van der Waals surface area contributed by atoms with Gasteiger partial charge in [-0.15, -0.1) is 11.3 Å². The van der Waals surface area contributed by atoms with E-state index in [4.69, 9.17) is 4.42 Å². The number of rotatable bonds is 1. The third kappa shape index (κ3) is 2.54. The van der Waals surface area contributed by atoms with E-state index in [-0.39, 0.29) is 0 Å². The van der Waals surface area contributed by atoms with Gasteiger partial charge in [-0.3, -0.25) is 0 Å². The third-order valence-electron chi connectivity index (χ3n) is 6.13. The monoisotopic (exact) mass is 478 g/mol. The molecule has 7 rings (SSSR count). The van der Waals surface area contributed by atoms with Crippen LogP contribution in [-0.4, -0.2) is 0 Å². The van der Waals surface area contributed by atoms with Crippen LogP contribution in [0.4, 0.5) is 0 Å². The Labute approximate surface area is 190 Å². The second-order valence-electron chi connectivity index (χ2n) is 7.90. The molecule has 7 aromatic rings. The first kappa shape index (κ1) is 17.5. The number of thiophene rings is 1. The molecule has 0 saturated carbocycles. The highest BCUT2D eigenvalue weighted by Crippen LogP contribution is 2.42. The van der Waals surface area contributed by atoms with Crippen molar-refractivity contribution in [3.8, 4) is 11.1 Å². The van der Waals surface area contributed by atoms with Gasteiger partial charge in [-0.1, -0.05) is 64.5 Å². The molecule has 2 heterocycles. The molecule has 3 heteroatoms. The summed E-state index contributed by atoms with van der Waals surface area (Å²) in [6.07, 6.45) is 0. The highest BCUT2D eigenvalue weighted by Gasteiger charge is 2.15. The Balaban J connectivity index is 1.61. The van der Waals surface area contributed by atoms with E-state index in [9.17, 15) is 0 Å². The molecule has 2 aromatic heterocycles. The van der Waals surface area contributed by atoms with Crippen molar-refractivity contribution in [2.75, 3.05) is 0 Å². The maximum atomic E-state index is 6.28. The normalized spacial score (nSPS) is 12.0. The quantitative estimate of drug-likeness (QED) is 0.229. The molecule has 0 radical (unpaired) electrons. The number of fused-ring (bicyclic) bond motifs is 8. The van der Waals surface area contributed by atoms with Gasteiger partial charge >= 0.3 is 0 Å². The zero-order chi connectivity index (χ0) is 20.5. The topological polar surface area (TPSA) is 13.1 Å². The third-order valence-corrected chi connectivity index (χ3v) is 7.77. The zero-order valence-electron chi connectivity index (χ0n) is 16.4. The first-order valence-electron chi connectivity index (χ1n) is 10.2. The van der Waals surface area contributed by atoms with Crippen LogP contribution in [0.2, 0.25) is 0 Å². The Hall–Kier alpha value is -3.14. The summed E-state index contributed by atoms with van der Waals surface area (Å²) < 4.78 is 10.0. The zero-order valence-corrected chi connectivity index (χ0v) is 18.8. The molecule has 1 nitrogen and oxygen atoms in total. The van der Waals surface area contributed by atoms with Crippen molar-refractivity contribution in [3.63, 3.8) is 0 Å². The van der Waals surface area contributed by atoms with Crippen molar-refractivity contribution in [1.29, 1.82) is 0 Å². The minimum absolute atomic E-state index is 0.934. The maximum Gasteiger partial charge on any atom is 0.143 e. The van der Waals surface area contributed by atoms with E-state index < -0.39 is 0 Å². The number of hydrogen-bond acceptors (Lipinski definition) is 2. The van der Waals surface area contributed by atoms with Gasteiger partial charge in [0, 0.05) is 40.8 Å². The number of furan rings is 1. The first-order valence-corrected chi connectivity index (χ1v) is 11.8. The maximum absolute atomic E-state index is 6.28. The molecule has 0 aliphatic carbocycles. The summed E-state index contributed by atoms with van der Waals surface area (Å²) in [6, 6.07) is 32.6. The molecule has 146 valence electrons. The molecular weight excluding hydrogens is 464 g/mol. The molecule has 0 bridgehead atoms. The molecule has 31 heavy (non-hydrogen) atoms. The van der Waals surface area contributed by atoms with Gasteiger partial charge in [0.1, 0.15) is 11.2 Å². The molecule has 0 aliphatic rings. The lowest BCUT2D eigenvalue weighted by molar-refractivity contribution is 0.672. The second kappa shape index (κ2) is 6.43. The van der Waals surface area contributed by atoms with Gasteiger partial charge < -0.3 is 4.42 Å². The van der Waals surface area contributed by atoms with Crippen LogP contribution in [0.1, 0.15) is 0 Å². The minimum Gasteiger partial charge on any atom is -0.455 e. The largest absolute Gasteiger partial charge is 0.455 e. The molecule has 5 aromatic carbocycles. The predicted octanol–water partition coefficient (Wildman–Crippen LogP) is 9.54. The number of benzene rings is 5. The fourth-order valence-electron chi connectivity index (χ4n) is 4.70. The molecule has 0 N–H and O–H groups in total. The Morgan fingerprint density at radius 3 is 2.16 bits per heavy atom. The SMILES string of the molecule is Brc1ccc2sc3ccc(-c4cc5c6ccccc6oc5c5ccccc45)cc3c2c1. The van der Waals surface area contributed by atoms with Crippen LogP contribution in [0, 0.1) is 0 Å². The summed E-state index contributed by atoms with van der Waals surface area (Å²) in [4.78, 5) is 0. The van der Waals surface area contributed by atoms with Crippen molar-refractivity contribution in [2.45, 2.75) is 0 Å². The summed E-state index contributed by atoms with van der Waals surface area (Å²) in [5.74, 6) is 0. The van der Waals surface area contributed by atoms with Crippen LogP contribution in [0.15, 0.2) is 99.9 Å². The molecule has 0 spiro atoms. The van der Waals surface area contributed by atoms with Gasteiger partial charge in [0.05, 0.1) is 0 Å². The summed E-state index contributed by atoms with van der Waals surface area (Å²) in [5, 5.41) is 7.31. The Bertz CT molecular complexity index is 1810. The number of halogens is 1. The van der Waals surface area contributed by atoms with E-state index in [1.165, 1.54) is 42.1 Å². The lowest BCUT2D eigenvalue weighted by Gasteiger charge is -2.09. The average molecular weight is 479 g/mol. The number of hydrogen-bond donors (Lipinski definition) is 0. The van der Waals surface area contributed by atoms with Crippen LogP contribution in [0.25, 0.3) is 64.0 Å². The van der Waals surface area contributed by atoms with E-state index in [0.29, 0.717) is 0 Å². The van der Waals surface area contributed by atoms with Crippen LogP contribution in [-0.2, 0) is 0 Å². The van der Waals surface area contributed by atoms with Crippen LogP contribution in [0.5, 0.6) is 0 Å². The second-order valence-corrected chi connectivity index (χ2v) is 9.90. The summed E-state index contributed by atoms with van der Waals surface area (Å²) >= 11 is 5.49. The van der Waals surface area contributed by atoms with E-state index in [0.717, 1.165) is 26.4 Å². The molecule has 0 fully saturated rings. The Morgan fingerprint density at radius 2 is 1.29 bits per heavy atom. The van der Waals surface area contributed by atoms with Crippen molar-refractivity contribution in [1.82, 2.24) is 0 Å².